The fourth-order valence-corrected chi connectivity index (χ4v) is 3.31. The van der Waals surface area contributed by atoms with Crippen molar-refractivity contribution >= 4 is 17.6 Å². The maximum atomic E-state index is 12.4. The average molecular weight is 361 g/mol. The van der Waals surface area contributed by atoms with Gasteiger partial charge in [0.2, 0.25) is 11.8 Å². The van der Waals surface area contributed by atoms with E-state index in [0.717, 1.165) is 18.9 Å². The normalized spacial score (nSPS) is 23.6. The summed E-state index contributed by atoms with van der Waals surface area (Å²) in [6.45, 7) is 6.42. The van der Waals surface area contributed by atoms with Crippen LogP contribution in [0.4, 0.5) is 5.82 Å². The molecule has 0 spiro atoms. The lowest BCUT2D eigenvalue weighted by Gasteiger charge is -2.35. The van der Waals surface area contributed by atoms with Gasteiger partial charge in [0.15, 0.2) is 0 Å². The predicted molar refractivity (Wildman–Crippen MR) is 97.9 cm³/mol. The number of nitrogens with zero attached hydrogens (tertiary/aromatic N) is 3. The minimum absolute atomic E-state index is 0.0758. The lowest BCUT2D eigenvalue weighted by molar-refractivity contribution is -0.132. The van der Waals surface area contributed by atoms with Crippen molar-refractivity contribution in [2.24, 2.45) is 0 Å². The third-order valence-corrected chi connectivity index (χ3v) is 4.84. The van der Waals surface area contributed by atoms with Crippen LogP contribution in [0, 0.1) is 0 Å². The fourth-order valence-electron chi connectivity index (χ4n) is 3.31. The number of aromatic nitrogens is 1. The van der Waals surface area contributed by atoms with E-state index < -0.39 is 0 Å². The van der Waals surface area contributed by atoms with Crippen LogP contribution in [0.3, 0.4) is 0 Å². The van der Waals surface area contributed by atoms with E-state index >= 15 is 0 Å². The Kier molecular flexibility index (Phi) is 6.40. The molecule has 0 radical (unpaired) electrons. The van der Waals surface area contributed by atoms with Gasteiger partial charge in [0, 0.05) is 51.9 Å². The minimum Gasteiger partial charge on any atom is -0.375 e. The molecular formula is C18H27N5O3. The quantitative estimate of drug-likeness (QED) is 0.743. The summed E-state index contributed by atoms with van der Waals surface area (Å²) < 4.78 is 5.47. The molecule has 8 heteroatoms. The van der Waals surface area contributed by atoms with Crippen LogP contribution < -0.4 is 15.5 Å². The second-order valence-corrected chi connectivity index (χ2v) is 6.60. The third-order valence-electron chi connectivity index (χ3n) is 4.84. The lowest BCUT2D eigenvalue weighted by atomic mass is 10.1. The first-order chi connectivity index (χ1) is 12.6. The third kappa shape index (κ3) is 4.70. The number of ether oxygens (including phenoxy) is 1. The van der Waals surface area contributed by atoms with E-state index in [1.54, 1.807) is 6.20 Å². The zero-order valence-electron chi connectivity index (χ0n) is 15.2. The molecule has 0 aromatic carbocycles. The van der Waals surface area contributed by atoms with Crippen molar-refractivity contribution in [3.8, 4) is 0 Å². The van der Waals surface area contributed by atoms with Crippen molar-refractivity contribution in [3.05, 3.63) is 24.4 Å². The molecular weight excluding hydrogens is 334 g/mol. The Balaban J connectivity index is 1.37. The Hall–Kier alpha value is -2.19. The number of piperazine rings is 1. The highest BCUT2D eigenvalue weighted by atomic mass is 16.5. The number of carbonyl (C=O) groups excluding carboxylic acids is 2. The van der Waals surface area contributed by atoms with Gasteiger partial charge in [-0.3, -0.25) is 9.59 Å². The second-order valence-electron chi connectivity index (χ2n) is 6.60. The monoisotopic (exact) mass is 361 g/mol. The summed E-state index contributed by atoms with van der Waals surface area (Å²) in [5.41, 5.74) is 0. The molecule has 2 saturated heterocycles. The summed E-state index contributed by atoms with van der Waals surface area (Å²) in [5.74, 6) is 0.917. The predicted octanol–water partition coefficient (Wildman–Crippen LogP) is -0.387. The molecule has 2 aliphatic rings. The zero-order valence-corrected chi connectivity index (χ0v) is 15.2. The summed E-state index contributed by atoms with van der Waals surface area (Å²) >= 11 is 0. The number of rotatable bonds is 5. The summed E-state index contributed by atoms with van der Waals surface area (Å²) in [7, 11) is 0. The molecule has 1 aromatic heterocycles. The lowest BCUT2D eigenvalue weighted by Crippen LogP contribution is -2.55. The highest BCUT2D eigenvalue weighted by Crippen LogP contribution is 2.13. The summed E-state index contributed by atoms with van der Waals surface area (Å²) in [6.07, 6.45) is 1.94. The summed E-state index contributed by atoms with van der Waals surface area (Å²) in [6, 6.07) is 5.50. The molecule has 26 heavy (non-hydrogen) atoms. The van der Waals surface area contributed by atoms with Crippen molar-refractivity contribution in [1.82, 2.24) is 20.5 Å². The molecule has 1 aromatic rings. The Morgan fingerprint density at radius 3 is 2.81 bits per heavy atom. The molecule has 2 aliphatic heterocycles. The van der Waals surface area contributed by atoms with Gasteiger partial charge in [0.05, 0.1) is 12.7 Å². The van der Waals surface area contributed by atoms with E-state index in [2.05, 4.69) is 20.5 Å². The standard InChI is InChI=1S/C18H27N5O3/c1-14-17(20-8-13-26-14)18(25)21-7-5-16(24)23-11-9-22(10-12-23)15-4-2-3-6-19-15/h2-4,6,14,17,20H,5,7-13H2,1H3,(H,21,25)/t14-,17+/m1/s1. The van der Waals surface area contributed by atoms with Crippen molar-refractivity contribution in [3.63, 3.8) is 0 Å². The van der Waals surface area contributed by atoms with Crippen LogP contribution in [0.5, 0.6) is 0 Å². The average Bonchev–Trinajstić information content (AvgIpc) is 2.69. The molecule has 2 atom stereocenters. The van der Waals surface area contributed by atoms with Gasteiger partial charge in [-0.25, -0.2) is 4.98 Å². The molecule has 2 fully saturated rings. The van der Waals surface area contributed by atoms with Crippen molar-refractivity contribution < 1.29 is 14.3 Å². The minimum atomic E-state index is -0.347. The summed E-state index contributed by atoms with van der Waals surface area (Å²) in [4.78, 5) is 32.9. The van der Waals surface area contributed by atoms with E-state index in [4.69, 9.17) is 4.74 Å². The van der Waals surface area contributed by atoms with E-state index in [0.29, 0.717) is 39.2 Å². The Labute approximate surface area is 153 Å². The molecule has 2 N–H and O–H groups in total. The Morgan fingerprint density at radius 1 is 1.31 bits per heavy atom. The Bertz CT molecular complexity index is 604. The van der Waals surface area contributed by atoms with Gasteiger partial charge in [-0.05, 0) is 19.1 Å². The van der Waals surface area contributed by atoms with Gasteiger partial charge in [0.25, 0.3) is 0 Å². The second kappa shape index (κ2) is 8.95. The number of carbonyl (C=O) groups is 2. The maximum Gasteiger partial charge on any atom is 0.239 e. The Morgan fingerprint density at radius 2 is 2.12 bits per heavy atom. The largest absolute Gasteiger partial charge is 0.375 e. The smallest absolute Gasteiger partial charge is 0.239 e. The van der Waals surface area contributed by atoms with Crippen LogP contribution in [0.2, 0.25) is 0 Å². The van der Waals surface area contributed by atoms with Crippen molar-refractivity contribution in [1.29, 1.82) is 0 Å². The van der Waals surface area contributed by atoms with E-state index in [-0.39, 0.29) is 24.0 Å². The highest BCUT2D eigenvalue weighted by molar-refractivity contribution is 5.83. The number of anilines is 1. The van der Waals surface area contributed by atoms with E-state index in [1.165, 1.54) is 0 Å². The first-order valence-electron chi connectivity index (χ1n) is 9.21. The van der Waals surface area contributed by atoms with Crippen LogP contribution in [-0.4, -0.2) is 79.7 Å². The number of amides is 2. The SMILES string of the molecule is C[C@H]1OCCN[C@@H]1C(=O)NCCC(=O)N1CCN(c2ccccn2)CC1. The number of hydrogen-bond donors (Lipinski definition) is 2. The van der Waals surface area contributed by atoms with Gasteiger partial charge < -0.3 is 25.2 Å². The molecule has 0 aliphatic carbocycles. The van der Waals surface area contributed by atoms with Gasteiger partial charge >= 0.3 is 0 Å². The van der Waals surface area contributed by atoms with E-state index in [9.17, 15) is 9.59 Å². The number of pyridine rings is 1. The molecule has 0 saturated carbocycles. The number of nitrogens with one attached hydrogen (secondary N) is 2. The highest BCUT2D eigenvalue weighted by Gasteiger charge is 2.28. The molecule has 0 unspecified atom stereocenters. The van der Waals surface area contributed by atoms with Gasteiger partial charge in [-0.15, -0.1) is 0 Å². The van der Waals surface area contributed by atoms with Crippen LogP contribution in [0.15, 0.2) is 24.4 Å². The molecule has 3 heterocycles. The first kappa shape index (κ1) is 18.6. The fraction of sp³-hybridized carbons (Fsp3) is 0.611. The molecule has 2 amide bonds. The molecule has 8 nitrogen and oxygen atoms in total. The van der Waals surface area contributed by atoms with E-state index in [1.807, 2.05) is 30.0 Å². The van der Waals surface area contributed by atoms with Crippen LogP contribution in [-0.2, 0) is 14.3 Å². The van der Waals surface area contributed by atoms with Crippen LogP contribution >= 0.6 is 0 Å². The number of morpholine rings is 1. The van der Waals surface area contributed by atoms with Gasteiger partial charge in [-0.1, -0.05) is 6.07 Å². The zero-order chi connectivity index (χ0) is 18.4. The van der Waals surface area contributed by atoms with Crippen molar-refractivity contribution in [2.75, 3.05) is 50.8 Å². The first-order valence-corrected chi connectivity index (χ1v) is 9.21. The van der Waals surface area contributed by atoms with Crippen LogP contribution in [0.1, 0.15) is 13.3 Å². The molecule has 142 valence electrons. The van der Waals surface area contributed by atoms with Crippen LogP contribution in [0.25, 0.3) is 0 Å². The van der Waals surface area contributed by atoms with Crippen molar-refractivity contribution in [2.45, 2.75) is 25.5 Å². The molecule has 0 bridgehead atoms. The maximum absolute atomic E-state index is 12.4. The summed E-state index contributed by atoms with van der Waals surface area (Å²) in [5, 5.41) is 5.98. The topological polar surface area (TPSA) is 86.8 Å². The van der Waals surface area contributed by atoms with Gasteiger partial charge in [-0.2, -0.15) is 0 Å². The number of hydrogen-bond acceptors (Lipinski definition) is 6. The molecule has 3 rings (SSSR count). The van der Waals surface area contributed by atoms with Gasteiger partial charge in [0.1, 0.15) is 11.9 Å².